The highest BCUT2D eigenvalue weighted by atomic mass is 16.2. The molecule has 27 heavy (non-hydrogen) atoms. The van der Waals surface area contributed by atoms with Gasteiger partial charge in [-0.1, -0.05) is 0 Å². The van der Waals surface area contributed by atoms with Crippen molar-refractivity contribution in [2.24, 2.45) is 5.92 Å². The molecule has 2 unspecified atom stereocenters. The molecule has 2 heterocycles. The van der Waals surface area contributed by atoms with E-state index >= 15 is 0 Å². The number of carbonyl (C=O) groups is 1. The number of aryl methyl sites for hydroxylation is 2. The third kappa shape index (κ3) is 4.14. The van der Waals surface area contributed by atoms with Crippen molar-refractivity contribution in [1.29, 1.82) is 0 Å². The van der Waals surface area contributed by atoms with Crippen LogP contribution in [0.4, 0.5) is 10.5 Å². The number of hydrazine groups is 1. The number of likely N-dealkylation sites (N-methyl/N-ethyl adjacent to an activating group) is 1. The van der Waals surface area contributed by atoms with Crippen LogP contribution in [0, 0.1) is 19.8 Å². The highest BCUT2D eigenvalue weighted by Gasteiger charge is 2.36. The minimum atomic E-state index is -0.0921. The van der Waals surface area contributed by atoms with Crippen molar-refractivity contribution in [1.82, 2.24) is 25.5 Å². The van der Waals surface area contributed by atoms with Crippen LogP contribution < -0.4 is 16.2 Å². The molecule has 2 amide bonds. The summed E-state index contributed by atoms with van der Waals surface area (Å²) in [6, 6.07) is 10.6. The Balaban J connectivity index is 1.31. The molecule has 1 aliphatic carbocycles. The molecule has 2 atom stereocenters. The van der Waals surface area contributed by atoms with Gasteiger partial charge in [0.05, 0.1) is 11.4 Å². The van der Waals surface area contributed by atoms with E-state index in [1.54, 1.807) is 4.90 Å². The number of rotatable bonds is 5. The van der Waals surface area contributed by atoms with Crippen molar-refractivity contribution in [3.8, 4) is 5.69 Å². The molecule has 144 valence electrons. The second-order valence-corrected chi connectivity index (χ2v) is 7.86. The van der Waals surface area contributed by atoms with E-state index < -0.39 is 0 Å². The number of hydrogen-bond donors (Lipinski definition) is 3. The maximum Gasteiger partial charge on any atom is 0.321 e. The van der Waals surface area contributed by atoms with E-state index in [4.69, 9.17) is 0 Å². The minimum absolute atomic E-state index is 0.0921. The van der Waals surface area contributed by atoms with Crippen LogP contribution in [0.25, 0.3) is 5.69 Å². The number of urea groups is 1. The summed E-state index contributed by atoms with van der Waals surface area (Å²) in [4.78, 5) is 14.2. The molecule has 1 aromatic carbocycles. The monoisotopic (exact) mass is 368 g/mol. The quantitative estimate of drug-likeness (QED) is 0.758. The SMILES string of the molecule is Cc1cc(C)n(-c2ccc(NC(=O)N(C)CC3CC(C4CC4)NN3)cc2)n1. The van der Waals surface area contributed by atoms with Gasteiger partial charge < -0.3 is 10.2 Å². The zero-order valence-corrected chi connectivity index (χ0v) is 16.2. The second kappa shape index (κ2) is 7.32. The summed E-state index contributed by atoms with van der Waals surface area (Å²) in [5.41, 5.74) is 10.6. The molecule has 1 saturated heterocycles. The third-order valence-electron chi connectivity index (χ3n) is 5.42. The van der Waals surface area contributed by atoms with Crippen LogP contribution in [0.3, 0.4) is 0 Å². The number of nitrogens with one attached hydrogen (secondary N) is 3. The zero-order valence-electron chi connectivity index (χ0n) is 16.2. The van der Waals surface area contributed by atoms with Crippen molar-refractivity contribution in [2.75, 3.05) is 18.9 Å². The van der Waals surface area contributed by atoms with Gasteiger partial charge in [-0.2, -0.15) is 5.10 Å². The van der Waals surface area contributed by atoms with Crippen LogP contribution in [0.2, 0.25) is 0 Å². The fraction of sp³-hybridized carbons (Fsp3) is 0.500. The summed E-state index contributed by atoms with van der Waals surface area (Å²) >= 11 is 0. The molecule has 0 spiro atoms. The van der Waals surface area contributed by atoms with Crippen molar-refractivity contribution < 1.29 is 4.79 Å². The van der Waals surface area contributed by atoms with Crippen molar-refractivity contribution in [3.05, 3.63) is 41.7 Å². The van der Waals surface area contributed by atoms with E-state index in [0.29, 0.717) is 18.6 Å². The molecule has 1 aromatic heterocycles. The number of carbonyl (C=O) groups excluding carboxylic acids is 1. The number of amides is 2. The van der Waals surface area contributed by atoms with Gasteiger partial charge in [-0.3, -0.25) is 10.9 Å². The third-order valence-corrected chi connectivity index (χ3v) is 5.42. The first-order valence-electron chi connectivity index (χ1n) is 9.66. The fourth-order valence-electron chi connectivity index (χ4n) is 3.79. The summed E-state index contributed by atoms with van der Waals surface area (Å²) in [5, 5.41) is 7.46. The van der Waals surface area contributed by atoms with Gasteiger partial charge in [0.25, 0.3) is 0 Å². The first-order chi connectivity index (χ1) is 13.0. The maximum atomic E-state index is 12.5. The summed E-state index contributed by atoms with van der Waals surface area (Å²) in [6.45, 7) is 4.70. The van der Waals surface area contributed by atoms with E-state index in [2.05, 4.69) is 21.3 Å². The molecule has 7 nitrogen and oxygen atoms in total. The van der Waals surface area contributed by atoms with Crippen LogP contribution in [0.15, 0.2) is 30.3 Å². The van der Waals surface area contributed by atoms with Gasteiger partial charge in [0.15, 0.2) is 0 Å². The molecule has 1 saturated carbocycles. The van der Waals surface area contributed by atoms with Crippen LogP contribution in [0.5, 0.6) is 0 Å². The molecule has 0 radical (unpaired) electrons. The Labute approximate surface area is 160 Å². The average molecular weight is 368 g/mol. The van der Waals surface area contributed by atoms with Crippen LogP contribution >= 0.6 is 0 Å². The lowest BCUT2D eigenvalue weighted by molar-refractivity contribution is 0.217. The van der Waals surface area contributed by atoms with E-state index in [9.17, 15) is 4.79 Å². The smallest absolute Gasteiger partial charge is 0.321 e. The molecular formula is C20H28N6O. The molecule has 0 bridgehead atoms. The molecule has 7 heteroatoms. The fourth-order valence-corrected chi connectivity index (χ4v) is 3.79. The molecule has 2 aliphatic rings. The lowest BCUT2D eigenvalue weighted by Crippen LogP contribution is -2.43. The Kier molecular flexibility index (Phi) is 4.88. The largest absolute Gasteiger partial charge is 0.326 e. The van der Waals surface area contributed by atoms with Gasteiger partial charge in [-0.25, -0.2) is 9.48 Å². The Bertz CT molecular complexity index is 810. The standard InChI is InChI=1S/C20H28N6O/c1-13-10-14(2)26(24-13)18-8-6-16(7-9-18)21-20(27)25(3)12-17-11-19(23-22-17)15-4-5-15/h6-10,15,17,19,22-23H,4-5,11-12H2,1-3H3,(H,21,27). The summed E-state index contributed by atoms with van der Waals surface area (Å²) in [6.07, 6.45) is 3.74. The number of hydrogen-bond acceptors (Lipinski definition) is 4. The Morgan fingerprint density at radius 2 is 2.00 bits per heavy atom. The van der Waals surface area contributed by atoms with E-state index in [0.717, 1.165) is 35.1 Å². The van der Waals surface area contributed by atoms with Gasteiger partial charge in [0.2, 0.25) is 0 Å². The number of benzene rings is 1. The van der Waals surface area contributed by atoms with Crippen LogP contribution in [-0.4, -0.2) is 46.4 Å². The molecule has 4 rings (SSSR count). The number of nitrogens with zero attached hydrogens (tertiary/aromatic N) is 3. The maximum absolute atomic E-state index is 12.5. The summed E-state index contributed by atoms with van der Waals surface area (Å²) in [7, 11) is 1.84. The number of anilines is 1. The molecular weight excluding hydrogens is 340 g/mol. The van der Waals surface area contributed by atoms with E-state index in [1.807, 2.05) is 55.9 Å². The predicted octanol–water partition coefficient (Wildman–Crippen LogP) is 2.60. The first kappa shape index (κ1) is 18.0. The number of aromatic nitrogens is 2. The van der Waals surface area contributed by atoms with Crippen molar-refractivity contribution in [3.63, 3.8) is 0 Å². The molecule has 2 fully saturated rings. The summed E-state index contributed by atoms with van der Waals surface area (Å²) in [5.74, 6) is 0.822. The van der Waals surface area contributed by atoms with Crippen molar-refractivity contribution in [2.45, 2.75) is 45.2 Å². The minimum Gasteiger partial charge on any atom is -0.326 e. The molecule has 1 aliphatic heterocycles. The topological polar surface area (TPSA) is 74.2 Å². The lowest BCUT2D eigenvalue weighted by Gasteiger charge is -2.21. The van der Waals surface area contributed by atoms with E-state index in [1.165, 1.54) is 12.8 Å². The first-order valence-corrected chi connectivity index (χ1v) is 9.66. The Morgan fingerprint density at radius 3 is 2.63 bits per heavy atom. The van der Waals surface area contributed by atoms with Crippen molar-refractivity contribution >= 4 is 11.7 Å². The Morgan fingerprint density at radius 1 is 1.26 bits per heavy atom. The zero-order chi connectivity index (χ0) is 19.0. The Hall–Kier alpha value is -2.38. The predicted molar refractivity (Wildman–Crippen MR) is 106 cm³/mol. The van der Waals surface area contributed by atoms with Gasteiger partial charge >= 0.3 is 6.03 Å². The lowest BCUT2D eigenvalue weighted by atomic mass is 10.1. The molecule has 2 aromatic rings. The van der Waals surface area contributed by atoms with Gasteiger partial charge in [-0.05, 0) is 69.4 Å². The van der Waals surface area contributed by atoms with E-state index in [-0.39, 0.29) is 6.03 Å². The molecule has 3 N–H and O–H groups in total. The van der Waals surface area contributed by atoms with Gasteiger partial charge in [-0.15, -0.1) is 0 Å². The highest BCUT2D eigenvalue weighted by Crippen LogP contribution is 2.35. The normalized spacial score (nSPS) is 22.0. The summed E-state index contributed by atoms with van der Waals surface area (Å²) < 4.78 is 1.90. The van der Waals surface area contributed by atoms with Crippen LogP contribution in [-0.2, 0) is 0 Å². The van der Waals surface area contributed by atoms with Crippen LogP contribution in [0.1, 0.15) is 30.7 Å². The second-order valence-electron chi connectivity index (χ2n) is 7.86. The highest BCUT2D eigenvalue weighted by molar-refractivity contribution is 5.89. The van der Waals surface area contributed by atoms with Gasteiger partial charge in [0, 0.05) is 37.1 Å². The van der Waals surface area contributed by atoms with Gasteiger partial charge in [0.1, 0.15) is 0 Å². The average Bonchev–Trinajstić information content (AvgIpc) is 3.30.